The number of esters is 1. The van der Waals surface area contributed by atoms with Crippen molar-refractivity contribution in [2.75, 3.05) is 7.11 Å². The van der Waals surface area contributed by atoms with E-state index >= 15 is 0 Å². The summed E-state index contributed by atoms with van der Waals surface area (Å²) in [6, 6.07) is 5.60. The summed E-state index contributed by atoms with van der Waals surface area (Å²) < 4.78 is 6.48. The van der Waals surface area contributed by atoms with Gasteiger partial charge in [-0.2, -0.15) is 5.10 Å². The third-order valence-corrected chi connectivity index (χ3v) is 3.69. The summed E-state index contributed by atoms with van der Waals surface area (Å²) in [6.07, 6.45) is 1.54. The molecule has 0 amide bonds. The van der Waals surface area contributed by atoms with Gasteiger partial charge in [0.15, 0.2) is 0 Å². The lowest BCUT2D eigenvalue weighted by Gasteiger charge is -2.03. The molecule has 0 saturated carbocycles. The molecule has 0 aliphatic carbocycles. The molecule has 2 aromatic rings. The molecule has 0 bridgehead atoms. The first-order valence-corrected chi connectivity index (χ1v) is 6.75. The van der Waals surface area contributed by atoms with Crippen LogP contribution in [-0.2, 0) is 17.5 Å². The van der Waals surface area contributed by atoms with Crippen molar-refractivity contribution in [3.63, 3.8) is 0 Å². The zero-order valence-electron chi connectivity index (χ0n) is 11.1. The predicted molar refractivity (Wildman–Crippen MR) is 73.1 cm³/mol. The van der Waals surface area contributed by atoms with Crippen molar-refractivity contribution in [1.29, 1.82) is 0 Å². The fourth-order valence-electron chi connectivity index (χ4n) is 1.62. The maximum Gasteiger partial charge on any atom is 0.339 e. The van der Waals surface area contributed by atoms with Gasteiger partial charge in [-0.3, -0.25) is 9.67 Å². The summed E-state index contributed by atoms with van der Waals surface area (Å²) in [5.41, 5.74) is 2.38. The SMILES string of the molecule is COC(=O)c1ccc(CSc2cc(C)nn2C)nc1. The fraction of sp³-hybridized carbons (Fsp3) is 0.308. The molecule has 2 heterocycles. The zero-order valence-corrected chi connectivity index (χ0v) is 11.9. The van der Waals surface area contributed by atoms with Crippen LogP contribution in [0.4, 0.5) is 0 Å². The number of ether oxygens (including phenoxy) is 1. The largest absolute Gasteiger partial charge is 0.465 e. The number of rotatable bonds is 4. The van der Waals surface area contributed by atoms with Crippen LogP contribution in [0.3, 0.4) is 0 Å². The van der Waals surface area contributed by atoms with Crippen LogP contribution in [-0.4, -0.2) is 27.8 Å². The quantitative estimate of drug-likeness (QED) is 0.633. The number of carbonyl (C=O) groups excluding carboxylic acids is 1. The molecule has 0 aliphatic heterocycles. The summed E-state index contributed by atoms with van der Waals surface area (Å²) in [7, 11) is 3.28. The summed E-state index contributed by atoms with van der Waals surface area (Å²) in [6.45, 7) is 1.97. The third kappa shape index (κ3) is 3.35. The maximum atomic E-state index is 11.3. The summed E-state index contributed by atoms with van der Waals surface area (Å²) in [4.78, 5) is 15.5. The van der Waals surface area contributed by atoms with E-state index in [9.17, 15) is 4.79 Å². The van der Waals surface area contributed by atoms with Crippen LogP contribution in [0, 0.1) is 6.92 Å². The highest BCUT2D eigenvalue weighted by molar-refractivity contribution is 7.98. The molecule has 0 saturated heterocycles. The average molecular weight is 277 g/mol. The molecule has 0 atom stereocenters. The zero-order chi connectivity index (χ0) is 13.8. The molecule has 0 fully saturated rings. The highest BCUT2D eigenvalue weighted by atomic mass is 32.2. The molecule has 5 nitrogen and oxygen atoms in total. The highest BCUT2D eigenvalue weighted by Gasteiger charge is 2.07. The van der Waals surface area contributed by atoms with E-state index in [1.165, 1.54) is 13.3 Å². The minimum atomic E-state index is -0.367. The Morgan fingerprint density at radius 2 is 2.26 bits per heavy atom. The van der Waals surface area contributed by atoms with Crippen LogP contribution in [0.25, 0.3) is 0 Å². The number of aryl methyl sites for hydroxylation is 2. The van der Waals surface area contributed by atoms with Gasteiger partial charge in [-0.25, -0.2) is 4.79 Å². The van der Waals surface area contributed by atoms with Gasteiger partial charge in [-0.1, -0.05) is 0 Å². The van der Waals surface area contributed by atoms with Gasteiger partial charge in [0.25, 0.3) is 0 Å². The molecule has 0 unspecified atom stereocenters. The molecule has 2 rings (SSSR count). The molecule has 0 spiro atoms. The molecular formula is C13H15N3O2S. The van der Waals surface area contributed by atoms with E-state index in [-0.39, 0.29) is 5.97 Å². The van der Waals surface area contributed by atoms with Gasteiger partial charge in [-0.05, 0) is 25.1 Å². The van der Waals surface area contributed by atoms with Crippen molar-refractivity contribution in [2.45, 2.75) is 17.7 Å². The molecule has 19 heavy (non-hydrogen) atoms. The predicted octanol–water partition coefficient (Wildman–Crippen LogP) is 2.20. The minimum Gasteiger partial charge on any atom is -0.465 e. The van der Waals surface area contributed by atoms with E-state index < -0.39 is 0 Å². The number of methoxy groups -OCH3 is 1. The van der Waals surface area contributed by atoms with Crippen molar-refractivity contribution in [1.82, 2.24) is 14.8 Å². The van der Waals surface area contributed by atoms with E-state index in [0.717, 1.165) is 22.2 Å². The number of pyridine rings is 1. The lowest BCUT2D eigenvalue weighted by Crippen LogP contribution is -2.02. The van der Waals surface area contributed by atoms with Crippen LogP contribution >= 0.6 is 11.8 Å². The van der Waals surface area contributed by atoms with Gasteiger partial charge in [0.05, 0.1) is 29.1 Å². The minimum absolute atomic E-state index is 0.367. The molecule has 0 radical (unpaired) electrons. The Kier molecular flexibility index (Phi) is 4.21. The van der Waals surface area contributed by atoms with E-state index in [1.54, 1.807) is 17.8 Å². The van der Waals surface area contributed by atoms with E-state index in [0.29, 0.717) is 5.56 Å². The topological polar surface area (TPSA) is 57.0 Å². The Hall–Kier alpha value is -1.82. The fourth-order valence-corrected chi connectivity index (χ4v) is 2.57. The Bertz CT molecular complexity index is 578. The van der Waals surface area contributed by atoms with Crippen LogP contribution in [0.15, 0.2) is 29.4 Å². The summed E-state index contributed by atoms with van der Waals surface area (Å²) >= 11 is 1.66. The van der Waals surface area contributed by atoms with Crippen LogP contribution in [0.1, 0.15) is 21.7 Å². The lowest BCUT2D eigenvalue weighted by atomic mass is 10.2. The standard InChI is InChI=1S/C13H15N3O2S/c1-9-6-12(16(2)15-9)19-8-11-5-4-10(7-14-11)13(17)18-3/h4-7H,8H2,1-3H3. The summed E-state index contributed by atoms with van der Waals surface area (Å²) in [5, 5.41) is 5.38. The lowest BCUT2D eigenvalue weighted by molar-refractivity contribution is 0.0600. The highest BCUT2D eigenvalue weighted by Crippen LogP contribution is 2.22. The molecule has 6 heteroatoms. The normalized spacial score (nSPS) is 10.5. The first-order valence-electron chi connectivity index (χ1n) is 5.77. The molecule has 100 valence electrons. The Morgan fingerprint density at radius 3 is 2.79 bits per heavy atom. The van der Waals surface area contributed by atoms with Crippen molar-refractivity contribution >= 4 is 17.7 Å². The average Bonchev–Trinajstić information content (AvgIpc) is 2.74. The van der Waals surface area contributed by atoms with Crippen LogP contribution < -0.4 is 0 Å². The number of thioether (sulfide) groups is 1. The van der Waals surface area contributed by atoms with E-state index in [1.807, 2.05) is 30.8 Å². The molecule has 2 aromatic heterocycles. The van der Waals surface area contributed by atoms with Crippen molar-refractivity contribution < 1.29 is 9.53 Å². The van der Waals surface area contributed by atoms with E-state index in [2.05, 4.69) is 14.8 Å². The van der Waals surface area contributed by atoms with E-state index in [4.69, 9.17) is 0 Å². The molecule has 0 aromatic carbocycles. The second kappa shape index (κ2) is 5.88. The maximum absolute atomic E-state index is 11.3. The Morgan fingerprint density at radius 1 is 1.47 bits per heavy atom. The van der Waals surface area contributed by atoms with Gasteiger partial charge in [0, 0.05) is 19.0 Å². The van der Waals surface area contributed by atoms with Gasteiger partial charge < -0.3 is 4.74 Å². The van der Waals surface area contributed by atoms with Gasteiger partial charge in [0.2, 0.25) is 0 Å². The van der Waals surface area contributed by atoms with Gasteiger partial charge >= 0.3 is 5.97 Å². The number of hydrogen-bond donors (Lipinski definition) is 0. The number of aromatic nitrogens is 3. The number of hydrogen-bond acceptors (Lipinski definition) is 5. The van der Waals surface area contributed by atoms with Gasteiger partial charge in [-0.15, -0.1) is 11.8 Å². The Labute approximate surface area is 116 Å². The molecular weight excluding hydrogens is 262 g/mol. The first-order chi connectivity index (χ1) is 9.10. The second-order valence-electron chi connectivity index (χ2n) is 4.07. The number of carbonyl (C=O) groups is 1. The first kappa shape index (κ1) is 13.6. The van der Waals surface area contributed by atoms with Crippen molar-refractivity contribution in [3.05, 3.63) is 41.3 Å². The van der Waals surface area contributed by atoms with Gasteiger partial charge in [0.1, 0.15) is 0 Å². The third-order valence-electron chi connectivity index (χ3n) is 2.57. The summed E-state index contributed by atoms with van der Waals surface area (Å²) in [5.74, 6) is 0.370. The second-order valence-corrected chi connectivity index (χ2v) is 5.06. The van der Waals surface area contributed by atoms with Crippen LogP contribution in [0.2, 0.25) is 0 Å². The van der Waals surface area contributed by atoms with Crippen molar-refractivity contribution in [3.8, 4) is 0 Å². The molecule has 0 N–H and O–H groups in total. The van der Waals surface area contributed by atoms with Crippen molar-refractivity contribution in [2.24, 2.45) is 7.05 Å². The number of nitrogens with zero attached hydrogens (tertiary/aromatic N) is 3. The van der Waals surface area contributed by atoms with Crippen LogP contribution in [0.5, 0.6) is 0 Å². The monoisotopic (exact) mass is 277 g/mol. The Balaban J connectivity index is 2.00. The molecule has 0 aliphatic rings. The smallest absolute Gasteiger partial charge is 0.339 e.